The fraction of sp³-hybridized carbons (Fsp3) is 0.611. The minimum Gasteiger partial charge on any atom is -0.109 e. The monoisotopic (exact) mass is 500 g/mol. The van der Waals surface area contributed by atoms with Crippen molar-refractivity contribution in [3.8, 4) is 0 Å². The van der Waals surface area contributed by atoms with E-state index in [1.165, 1.54) is 46.2 Å². The van der Waals surface area contributed by atoms with Gasteiger partial charge in [-0.05, 0) is 75.3 Å². The largest absolute Gasteiger partial charge is 0.235 e. The van der Waals surface area contributed by atoms with E-state index >= 15 is 0 Å². The molecular weight excluding hydrogens is 443 g/mol. The van der Waals surface area contributed by atoms with Crippen molar-refractivity contribution in [2.24, 2.45) is 0 Å². The Kier molecular flexibility index (Phi) is 11.8. The normalized spacial score (nSPS) is 12.5. The molecule has 0 aliphatic heterocycles. The summed E-state index contributed by atoms with van der Waals surface area (Å²) in [5.74, 6) is 5.58. The van der Waals surface area contributed by atoms with E-state index in [0.717, 1.165) is 6.42 Å². The Hall–Kier alpha value is -1.76. The quantitative estimate of drug-likeness (QED) is 0.201. The minimum atomic E-state index is 0.281. The first-order valence-corrected chi connectivity index (χ1v) is 15.3. The molecule has 0 aliphatic rings. The molecule has 0 heterocycles. The first-order valence-electron chi connectivity index (χ1n) is 15.3. The van der Waals surface area contributed by atoms with Crippen LogP contribution in [0.4, 0.5) is 0 Å². The topological polar surface area (TPSA) is 0 Å². The molecule has 0 nitrogen and oxygen atoms in total. The number of hydrogen-bond donors (Lipinski definition) is 0. The molecule has 204 valence electrons. The summed E-state index contributed by atoms with van der Waals surface area (Å²) < 4.78 is 0. The molecule has 0 N–H and O–H groups in total. The highest BCUT2D eigenvalue weighted by Crippen LogP contribution is 2.30. The molecule has 0 saturated heterocycles. The zero-order valence-electron chi connectivity index (χ0n) is 26.6. The molecule has 1 heteroatoms. The molecular formula is C36H57B. The molecule has 0 radical (unpaired) electrons. The van der Waals surface area contributed by atoms with Gasteiger partial charge in [-0.2, -0.15) is 0 Å². The molecule has 0 unspecified atom stereocenters. The van der Waals surface area contributed by atoms with E-state index in [2.05, 4.69) is 126 Å². The molecule has 0 atom stereocenters. The smallest absolute Gasteiger partial charge is 0.109 e. The van der Waals surface area contributed by atoms with E-state index in [1.54, 1.807) is 10.9 Å². The third-order valence-corrected chi connectivity index (χ3v) is 8.03. The second-order valence-corrected chi connectivity index (χ2v) is 13.2. The van der Waals surface area contributed by atoms with E-state index in [1.807, 2.05) is 0 Å². The Labute approximate surface area is 231 Å². The van der Waals surface area contributed by atoms with Gasteiger partial charge in [-0.1, -0.05) is 144 Å². The van der Waals surface area contributed by atoms with Gasteiger partial charge in [-0.15, -0.1) is 5.98 Å². The maximum Gasteiger partial charge on any atom is 0.235 e. The SMILES string of the molecule is CCCCC=CB(c1c(C(C)C)cc(C(C)C)cc1C(C)C)c1c(C(C)C)cc(C(C)C)cc1C(C)C. The molecule has 0 fully saturated rings. The Morgan fingerprint density at radius 1 is 0.541 bits per heavy atom. The Bertz CT molecular complexity index is 899. The number of benzene rings is 2. The van der Waals surface area contributed by atoms with Gasteiger partial charge in [0.2, 0.25) is 6.71 Å². The fourth-order valence-electron chi connectivity index (χ4n) is 5.63. The predicted octanol–water partition coefficient (Wildman–Crippen LogP) is 10.3. The lowest BCUT2D eigenvalue weighted by Gasteiger charge is -2.31. The average molecular weight is 501 g/mol. The van der Waals surface area contributed by atoms with Crippen LogP contribution >= 0.6 is 0 Å². The van der Waals surface area contributed by atoms with Gasteiger partial charge >= 0.3 is 0 Å². The lowest BCUT2D eigenvalue weighted by Crippen LogP contribution is -2.49. The zero-order valence-corrected chi connectivity index (χ0v) is 26.6. The summed E-state index contributed by atoms with van der Waals surface area (Å²) in [5, 5.41) is 0. The van der Waals surface area contributed by atoms with Crippen LogP contribution in [-0.4, -0.2) is 6.71 Å². The van der Waals surface area contributed by atoms with Crippen LogP contribution in [0.15, 0.2) is 36.3 Å². The van der Waals surface area contributed by atoms with Crippen molar-refractivity contribution < 1.29 is 0 Å². The van der Waals surface area contributed by atoms with Crippen LogP contribution in [-0.2, 0) is 0 Å². The molecule has 0 amide bonds. The number of unbranched alkanes of at least 4 members (excludes halogenated alkanes) is 2. The maximum atomic E-state index is 2.58. The van der Waals surface area contributed by atoms with Crippen LogP contribution in [0.3, 0.4) is 0 Å². The van der Waals surface area contributed by atoms with Crippen molar-refractivity contribution in [1.29, 1.82) is 0 Å². The summed E-state index contributed by atoms with van der Waals surface area (Å²) in [4.78, 5) is 0. The second kappa shape index (κ2) is 13.9. The summed E-state index contributed by atoms with van der Waals surface area (Å²) in [7, 11) is 0. The van der Waals surface area contributed by atoms with Crippen molar-refractivity contribution in [3.63, 3.8) is 0 Å². The number of allylic oxidation sites excluding steroid dienone is 1. The summed E-state index contributed by atoms with van der Waals surface area (Å²) >= 11 is 0. The number of hydrogen-bond acceptors (Lipinski definition) is 0. The van der Waals surface area contributed by atoms with Gasteiger partial charge in [0.25, 0.3) is 0 Å². The first kappa shape index (κ1) is 31.5. The van der Waals surface area contributed by atoms with Crippen molar-refractivity contribution in [1.82, 2.24) is 0 Å². The van der Waals surface area contributed by atoms with E-state index in [-0.39, 0.29) is 6.71 Å². The zero-order chi connectivity index (χ0) is 28.0. The molecule has 0 spiro atoms. The molecule has 0 saturated carbocycles. The third kappa shape index (κ3) is 7.65. The third-order valence-electron chi connectivity index (χ3n) is 8.03. The van der Waals surface area contributed by atoms with E-state index in [0.29, 0.717) is 35.5 Å². The first-order chi connectivity index (χ1) is 17.3. The van der Waals surface area contributed by atoms with Crippen molar-refractivity contribution in [3.05, 3.63) is 69.7 Å². The van der Waals surface area contributed by atoms with Gasteiger partial charge in [-0.25, -0.2) is 0 Å². The maximum absolute atomic E-state index is 2.58. The van der Waals surface area contributed by atoms with Gasteiger partial charge in [0.05, 0.1) is 0 Å². The predicted molar refractivity (Wildman–Crippen MR) is 171 cm³/mol. The van der Waals surface area contributed by atoms with Crippen LogP contribution < -0.4 is 10.9 Å². The lowest BCUT2D eigenvalue weighted by atomic mass is 9.36. The molecule has 37 heavy (non-hydrogen) atoms. The van der Waals surface area contributed by atoms with Crippen molar-refractivity contribution in [2.45, 2.75) is 145 Å². The van der Waals surface area contributed by atoms with Gasteiger partial charge in [0.15, 0.2) is 0 Å². The molecule has 0 bridgehead atoms. The number of rotatable bonds is 12. The minimum absolute atomic E-state index is 0.281. The van der Waals surface area contributed by atoms with Crippen LogP contribution in [0, 0.1) is 0 Å². The van der Waals surface area contributed by atoms with Gasteiger partial charge < -0.3 is 0 Å². The fourth-order valence-corrected chi connectivity index (χ4v) is 5.63. The summed E-state index contributed by atoms with van der Waals surface area (Å²) in [6.07, 6.45) is 6.14. The highest BCUT2D eigenvalue weighted by molar-refractivity contribution is 6.90. The van der Waals surface area contributed by atoms with E-state index in [4.69, 9.17) is 0 Å². The molecule has 2 aromatic carbocycles. The Balaban J connectivity index is 3.08. The van der Waals surface area contributed by atoms with Crippen LogP contribution in [0.5, 0.6) is 0 Å². The molecule has 2 rings (SSSR count). The van der Waals surface area contributed by atoms with Gasteiger partial charge in [-0.3, -0.25) is 0 Å². The van der Waals surface area contributed by atoms with Gasteiger partial charge in [0, 0.05) is 0 Å². The highest BCUT2D eigenvalue weighted by Gasteiger charge is 2.31. The molecule has 0 aliphatic carbocycles. The van der Waals surface area contributed by atoms with E-state index in [9.17, 15) is 0 Å². The Morgan fingerprint density at radius 3 is 1.11 bits per heavy atom. The van der Waals surface area contributed by atoms with Crippen LogP contribution in [0.2, 0.25) is 0 Å². The highest BCUT2D eigenvalue weighted by atomic mass is 14.2. The summed E-state index contributed by atoms with van der Waals surface area (Å²) in [5.41, 5.74) is 12.3. The van der Waals surface area contributed by atoms with Crippen molar-refractivity contribution in [2.75, 3.05) is 0 Å². The summed E-state index contributed by atoms with van der Waals surface area (Å²) in [6, 6.07) is 10.2. The van der Waals surface area contributed by atoms with Crippen LogP contribution in [0.25, 0.3) is 0 Å². The van der Waals surface area contributed by atoms with Crippen molar-refractivity contribution >= 4 is 17.6 Å². The van der Waals surface area contributed by atoms with E-state index < -0.39 is 0 Å². The summed E-state index contributed by atoms with van der Waals surface area (Å²) in [6.45, 7) is 31.0. The lowest BCUT2D eigenvalue weighted by molar-refractivity contribution is 0.809. The van der Waals surface area contributed by atoms with Crippen LogP contribution in [0.1, 0.15) is 178 Å². The Morgan fingerprint density at radius 2 is 0.865 bits per heavy atom. The molecule has 0 aromatic heterocycles. The molecule has 2 aromatic rings. The second-order valence-electron chi connectivity index (χ2n) is 13.2. The standard InChI is InChI=1S/C36H57B/c1-14-15-16-17-18-37(35-31(25(6)7)19-29(23(2)3)20-32(35)26(8)9)36-33(27(10)11)21-30(24(4)5)22-34(36)28(12)13/h17-28H,14-16H2,1-13H3. The van der Waals surface area contributed by atoms with Gasteiger partial charge in [0.1, 0.15) is 0 Å². The average Bonchev–Trinajstić information content (AvgIpc) is 2.82.